The summed E-state index contributed by atoms with van der Waals surface area (Å²) in [7, 11) is 1.80. The molecule has 5 nitrogen and oxygen atoms in total. The number of ether oxygens (including phenoxy) is 1. The van der Waals surface area contributed by atoms with Gasteiger partial charge in [0.2, 0.25) is 0 Å². The summed E-state index contributed by atoms with van der Waals surface area (Å²) < 4.78 is 11.5. The third-order valence-corrected chi connectivity index (χ3v) is 4.57. The van der Waals surface area contributed by atoms with Gasteiger partial charge in [0.25, 0.3) is 5.91 Å². The molecule has 0 radical (unpaired) electrons. The van der Waals surface area contributed by atoms with Gasteiger partial charge in [0, 0.05) is 19.5 Å². The molecule has 2 N–H and O–H groups in total. The van der Waals surface area contributed by atoms with Gasteiger partial charge in [-0.3, -0.25) is 4.79 Å². The van der Waals surface area contributed by atoms with Crippen LogP contribution in [0.15, 0.2) is 16.5 Å². The highest BCUT2D eigenvalue weighted by Gasteiger charge is 2.37. The molecule has 1 saturated carbocycles. The lowest BCUT2D eigenvalue weighted by molar-refractivity contribution is -0.142. The van der Waals surface area contributed by atoms with Crippen LogP contribution in [0.3, 0.4) is 0 Å². The first-order valence-corrected chi connectivity index (χ1v) is 7.77. The van der Waals surface area contributed by atoms with E-state index in [1.807, 2.05) is 12.1 Å². The van der Waals surface area contributed by atoms with Gasteiger partial charge in [-0.1, -0.05) is 6.92 Å². The predicted molar refractivity (Wildman–Crippen MR) is 78.7 cm³/mol. The van der Waals surface area contributed by atoms with Crippen LogP contribution in [0, 0.1) is 5.92 Å². The van der Waals surface area contributed by atoms with E-state index in [4.69, 9.17) is 14.9 Å². The lowest BCUT2D eigenvalue weighted by Crippen LogP contribution is -2.36. The van der Waals surface area contributed by atoms with Crippen molar-refractivity contribution in [2.24, 2.45) is 11.7 Å². The second-order valence-corrected chi connectivity index (χ2v) is 6.38. The number of carbonyl (C=O) groups excluding carboxylic acids is 1. The summed E-state index contributed by atoms with van der Waals surface area (Å²) in [6, 6.07) is 4.01. The molecular weight excluding hydrogens is 268 g/mol. The second-order valence-electron chi connectivity index (χ2n) is 6.38. The number of furan rings is 1. The minimum atomic E-state index is -0.346. The number of hydrogen-bond donors (Lipinski definition) is 1. The number of amides is 1. The number of likely N-dealkylation sites (N-methyl/N-ethyl adjacent to an activating group) is 1. The van der Waals surface area contributed by atoms with Crippen molar-refractivity contribution < 1.29 is 13.9 Å². The molecule has 0 aromatic carbocycles. The predicted octanol–water partition coefficient (Wildman–Crippen LogP) is 1.87. The molecule has 116 valence electrons. The van der Waals surface area contributed by atoms with E-state index < -0.39 is 0 Å². The van der Waals surface area contributed by atoms with Crippen molar-refractivity contribution in [3.8, 4) is 0 Å². The van der Waals surface area contributed by atoms with Crippen LogP contribution in [0.1, 0.15) is 43.6 Å². The van der Waals surface area contributed by atoms with Gasteiger partial charge >= 0.3 is 0 Å². The molecule has 4 atom stereocenters. The number of nitrogens with two attached hydrogens (primary N) is 1. The van der Waals surface area contributed by atoms with E-state index in [2.05, 4.69) is 6.92 Å². The summed E-state index contributed by atoms with van der Waals surface area (Å²) in [6.45, 7) is 3.20. The van der Waals surface area contributed by atoms with Crippen molar-refractivity contribution in [2.75, 3.05) is 13.6 Å². The van der Waals surface area contributed by atoms with Crippen LogP contribution in [0.2, 0.25) is 0 Å². The molecule has 1 aliphatic carbocycles. The van der Waals surface area contributed by atoms with Gasteiger partial charge in [-0.15, -0.1) is 0 Å². The lowest BCUT2D eigenvalue weighted by Gasteiger charge is -2.20. The Labute approximate surface area is 125 Å². The Morgan fingerprint density at radius 2 is 2.19 bits per heavy atom. The fourth-order valence-corrected chi connectivity index (χ4v) is 3.02. The molecule has 5 heteroatoms. The van der Waals surface area contributed by atoms with E-state index in [0.29, 0.717) is 19.0 Å². The molecule has 21 heavy (non-hydrogen) atoms. The molecule has 0 spiro atoms. The van der Waals surface area contributed by atoms with Crippen LogP contribution >= 0.6 is 0 Å². The summed E-state index contributed by atoms with van der Waals surface area (Å²) in [6.07, 6.45) is 2.51. The zero-order chi connectivity index (χ0) is 15.0. The molecule has 1 amide bonds. The van der Waals surface area contributed by atoms with Gasteiger partial charge in [-0.05, 0) is 37.3 Å². The average Bonchev–Trinajstić information content (AvgIpc) is 2.92. The fourth-order valence-electron chi connectivity index (χ4n) is 3.02. The average molecular weight is 292 g/mol. The topological polar surface area (TPSA) is 68.7 Å². The van der Waals surface area contributed by atoms with Crippen molar-refractivity contribution in [3.63, 3.8) is 0 Å². The Kier molecular flexibility index (Phi) is 4.04. The van der Waals surface area contributed by atoms with Crippen LogP contribution in [0.5, 0.6) is 0 Å². The van der Waals surface area contributed by atoms with Gasteiger partial charge in [0.15, 0.2) is 0 Å². The summed E-state index contributed by atoms with van der Waals surface area (Å²) in [5.74, 6) is 3.21. The summed E-state index contributed by atoms with van der Waals surface area (Å²) in [5.41, 5.74) is 5.58. The quantitative estimate of drug-likeness (QED) is 0.899. The van der Waals surface area contributed by atoms with E-state index in [1.165, 1.54) is 6.42 Å². The molecule has 4 unspecified atom stereocenters. The van der Waals surface area contributed by atoms with E-state index in [0.717, 1.165) is 30.3 Å². The van der Waals surface area contributed by atoms with Crippen molar-refractivity contribution in [1.82, 2.24) is 4.90 Å². The second kappa shape index (κ2) is 5.81. The SMILES string of the molecule is CC1CC1c1ccc(CN(C)C(=O)C2CCC(CN)O2)o1. The number of nitrogens with zero attached hydrogens (tertiary/aromatic N) is 1. The van der Waals surface area contributed by atoms with Gasteiger partial charge in [0.05, 0.1) is 12.6 Å². The lowest BCUT2D eigenvalue weighted by atomic mass is 10.2. The van der Waals surface area contributed by atoms with Crippen LogP contribution in [0.4, 0.5) is 0 Å². The van der Waals surface area contributed by atoms with Crippen LogP contribution in [-0.4, -0.2) is 36.6 Å². The maximum Gasteiger partial charge on any atom is 0.251 e. The van der Waals surface area contributed by atoms with E-state index in [1.54, 1.807) is 11.9 Å². The highest BCUT2D eigenvalue weighted by molar-refractivity contribution is 5.80. The standard InChI is InChI=1S/C16H24N2O3/c1-10-7-13(10)14-5-4-12(21-14)9-18(2)16(19)15-6-3-11(8-17)20-15/h4-5,10-11,13,15H,3,6-9,17H2,1-2H3. The Morgan fingerprint density at radius 3 is 2.81 bits per heavy atom. The fraction of sp³-hybridized carbons (Fsp3) is 0.688. The minimum Gasteiger partial charge on any atom is -0.464 e. The van der Waals surface area contributed by atoms with E-state index >= 15 is 0 Å². The minimum absolute atomic E-state index is 0.0173. The molecule has 1 aromatic rings. The Bertz CT molecular complexity index is 513. The molecular formula is C16H24N2O3. The monoisotopic (exact) mass is 292 g/mol. The summed E-state index contributed by atoms with van der Waals surface area (Å²) >= 11 is 0. The van der Waals surface area contributed by atoms with Gasteiger partial charge in [-0.25, -0.2) is 0 Å². The van der Waals surface area contributed by atoms with E-state index in [9.17, 15) is 4.79 Å². The molecule has 1 saturated heterocycles. The first-order valence-electron chi connectivity index (χ1n) is 7.77. The van der Waals surface area contributed by atoms with Gasteiger partial charge < -0.3 is 19.8 Å². The smallest absolute Gasteiger partial charge is 0.251 e. The summed E-state index contributed by atoms with van der Waals surface area (Å²) in [5, 5.41) is 0. The maximum atomic E-state index is 12.3. The molecule has 2 aliphatic rings. The van der Waals surface area contributed by atoms with Crippen molar-refractivity contribution in [2.45, 2.75) is 50.9 Å². The van der Waals surface area contributed by atoms with Gasteiger partial charge in [-0.2, -0.15) is 0 Å². The highest BCUT2D eigenvalue weighted by atomic mass is 16.5. The molecule has 1 aliphatic heterocycles. The third-order valence-electron chi connectivity index (χ3n) is 4.57. The Balaban J connectivity index is 1.54. The van der Waals surface area contributed by atoms with Crippen LogP contribution in [0.25, 0.3) is 0 Å². The van der Waals surface area contributed by atoms with E-state index in [-0.39, 0.29) is 18.1 Å². The van der Waals surface area contributed by atoms with Gasteiger partial charge in [0.1, 0.15) is 17.6 Å². The molecule has 3 rings (SSSR count). The molecule has 1 aromatic heterocycles. The largest absolute Gasteiger partial charge is 0.464 e. The summed E-state index contributed by atoms with van der Waals surface area (Å²) in [4.78, 5) is 14.0. The van der Waals surface area contributed by atoms with Crippen LogP contribution in [-0.2, 0) is 16.1 Å². The Hall–Kier alpha value is -1.33. The number of carbonyl (C=O) groups is 1. The van der Waals surface area contributed by atoms with Crippen molar-refractivity contribution in [3.05, 3.63) is 23.7 Å². The highest BCUT2D eigenvalue weighted by Crippen LogP contribution is 2.47. The Morgan fingerprint density at radius 1 is 1.43 bits per heavy atom. The van der Waals surface area contributed by atoms with Crippen LogP contribution < -0.4 is 5.73 Å². The zero-order valence-electron chi connectivity index (χ0n) is 12.7. The first kappa shape index (κ1) is 14.6. The van der Waals surface area contributed by atoms with Crippen molar-refractivity contribution >= 4 is 5.91 Å². The molecule has 0 bridgehead atoms. The number of hydrogen-bond acceptors (Lipinski definition) is 4. The molecule has 2 heterocycles. The third kappa shape index (κ3) is 3.14. The van der Waals surface area contributed by atoms with Crippen molar-refractivity contribution in [1.29, 1.82) is 0 Å². The first-order chi connectivity index (χ1) is 10.1. The zero-order valence-corrected chi connectivity index (χ0v) is 12.7. The molecule has 2 fully saturated rings. The maximum absolute atomic E-state index is 12.3. The number of rotatable bonds is 5. The normalized spacial score (nSPS) is 31.4.